The van der Waals surface area contributed by atoms with Gasteiger partial charge in [0, 0.05) is 25.2 Å². The average Bonchev–Trinajstić information content (AvgIpc) is 3.00. The Morgan fingerprint density at radius 2 is 1.91 bits per heavy atom. The van der Waals surface area contributed by atoms with Crippen LogP contribution >= 0.6 is 0 Å². The molecule has 1 aromatic carbocycles. The van der Waals surface area contributed by atoms with Gasteiger partial charge in [-0.05, 0) is 37.0 Å². The quantitative estimate of drug-likeness (QED) is 0.898. The van der Waals surface area contributed by atoms with Crippen molar-refractivity contribution in [2.24, 2.45) is 0 Å². The van der Waals surface area contributed by atoms with Crippen LogP contribution in [0.3, 0.4) is 0 Å². The zero-order valence-corrected chi connectivity index (χ0v) is 14.1. The van der Waals surface area contributed by atoms with Crippen molar-refractivity contribution in [2.45, 2.75) is 56.7 Å². The van der Waals surface area contributed by atoms with E-state index in [0.29, 0.717) is 6.42 Å². The standard InChI is InChI=1S/C17H24N2O3S/c20-17-10-5-11-19(17)15-7-4-6-14(12-15)13-18-23(21,22)16-8-2-1-3-9-16/h4,6-7,12,16,18H,1-3,5,8-11,13H2. The van der Waals surface area contributed by atoms with Crippen molar-refractivity contribution in [1.82, 2.24) is 4.72 Å². The summed E-state index contributed by atoms with van der Waals surface area (Å²) >= 11 is 0. The highest BCUT2D eigenvalue weighted by atomic mass is 32.2. The highest BCUT2D eigenvalue weighted by Gasteiger charge is 2.27. The first-order valence-electron chi connectivity index (χ1n) is 8.44. The number of rotatable bonds is 5. The molecule has 1 amide bonds. The number of carbonyl (C=O) groups excluding carboxylic acids is 1. The number of sulfonamides is 1. The number of amides is 1. The molecule has 0 atom stereocenters. The predicted molar refractivity (Wildman–Crippen MR) is 90.7 cm³/mol. The van der Waals surface area contributed by atoms with Crippen LogP contribution in [0.5, 0.6) is 0 Å². The Hall–Kier alpha value is -1.40. The summed E-state index contributed by atoms with van der Waals surface area (Å²) in [6.45, 7) is 1.03. The second kappa shape index (κ2) is 7.01. The fraction of sp³-hybridized carbons (Fsp3) is 0.588. The average molecular weight is 336 g/mol. The summed E-state index contributed by atoms with van der Waals surface area (Å²) in [5.41, 5.74) is 1.75. The fourth-order valence-corrected chi connectivity index (χ4v) is 4.99. The molecule has 126 valence electrons. The van der Waals surface area contributed by atoms with Gasteiger partial charge in [-0.3, -0.25) is 4.79 Å². The van der Waals surface area contributed by atoms with Crippen LogP contribution in [0, 0.1) is 0 Å². The maximum atomic E-state index is 12.4. The molecule has 3 rings (SSSR count). The molecule has 2 aliphatic rings. The van der Waals surface area contributed by atoms with Gasteiger partial charge < -0.3 is 4.90 Å². The summed E-state index contributed by atoms with van der Waals surface area (Å²) in [7, 11) is -3.25. The number of anilines is 1. The van der Waals surface area contributed by atoms with E-state index in [4.69, 9.17) is 0 Å². The highest BCUT2D eigenvalue weighted by molar-refractivity contribution is 7.90. The van der Waals surface area contributed by atoms with Gasteiger partial charge in [-0.2, -0.15) is 0 Å². The van der Waals surface area contributed by atoms with Gasteiger partial charge in [-0.15, -0.1) is 0 Å². The lowest BCUT2D eigenvalue weighted by molar-refractivity contribution is -0.117. The second-order valence-corrected chi connectivity index (χ2v) is 8.49. The van der Waals surface area contributed by atoms with Gasteiger partial charge in [0.2, 0.25) is 15.9 Å². The summed E-state index contributed by atoms with van der Waals surface area (Å²) < 4.78 is 27.5. The second-order valence-electron chi connectivity index (χ2n) is 6.44. The monoisotopic (exact) mass is 336 g/mol. The predicted octanol–water partition coefficient (Wildman–Crippen LogP) is 2.57. The number of hydrogen-bond donors (Lipinski definition) is 1. The normalized spacial score (nSPS) is 20.2. The van der Waals surface area contributed by atoms with Crippen molar-refractivity contribution in [2.75, 3.05) is 11.4 Å². The molecule has 2 fully saturated rings. The van der Waals surface area contributed by atoms with Crippen molar-refractivity contribution < 1.29 is 13.2 Å². The Labute approximate surface area is 138 Å². The number of benzene rings is 1. The molecule has 1 N–H and O–H groups in total. The Balaban J connectivity index is 1.65. The largest absolute Gasteiger partial charge is 0.312 e. The van der Waals surface area contributed by atoms with Crippen molar-refractivity contribution in [3.05, 3.63) is 29.8 Å². The molecule has 0 bridgehead atoms. The van der Waals surface area contributed by atoms with E-state index in [0.717, 1.165) is 56.3 Å². The van der Waals surface area contributed by atoms with Crippen LogP contribution in [0.4, 0.5) is 5.69 Å². The number of carbonyl (C=O) groups is 1. The SMILES string of the molecule is O=C1CCCN1c1cccc(CNS(=O)(=O)C2CCCCC2)c1. The van der Waals surface area contributed by atoms with E-state index >= 15 is 0 Å². The van der Waals surface area contributed by atoms with Gasteiger partial charge in [-0.25, -0.2) is 13.1 Å². The van der Waals surface area contributed by atoms with E-state index in [-0.39, 0.29) is 17.7 Å². The van der Waals surface area contributed by atoms with Crippen LogP contribution < -0.4 is 9.62 Å². The first-order chi connectivity index (χ1) is 11.1. The van der Waals surface area contributed by atoms with Gasteiger partial charge in [0.25, 0.3) is 0 Å². The first kappa shape index (κ1) is 16.5. The van der Waals surface area contributed by atoms with E-state index in [1.165, 1.54) is 0 Å². The molecule has 0 aromatic heterocycles. The molecule has 0 spiro atoms. The Morgan fingerprint density at radius 1 is 1.13 bits per heavy atom. The third-order valence-corrected chi connectivity index (χ3v) is 6.66. The molecule has 23 heavy (non-hydrogen) atoms. The molecule has 6 heteroatoms. The Morgan fingerprint density at radius 3 is 2.61 bits per heavy atom. The van der Waals surface area contributed by atoms with Crippen LogP contribution in [0.2, 0.25) is 0 Å². The lowest BCUT2D eigenvalue weighted by atomic mass is 10.0. The zero-order valence-electron chi connectivity index (χ0n) is 13.3. The molecule has 1 saturated carbocycles. The van der Waals surface area contributed by atoms with E-state index in [9.17, 15) is 13.2 Å². The molecular formula is C17H24N2O3S. The van der Waals surface area contributed by atoms with Gasteiger partial charge in [0.1, 0.15) is 0 Å². The maximum absolute atomic E-state index is 12.4. The topological polar surface area (TPSA) is 66.5 Å². The van der Waals surface area contributed by atoms with Crippen molar-refractivity contribution in [3.8, 4) is 0 Å². The summed E-state index contributed by atoms with van der Waals surface area (Å²) in [6, 6.07) is 7.59. The lowest BCUT2D eigenvalue weighted by Gasteiger charge is -2.22. The molecular weight excluding hydrogens is 312 g/mol. The number of hydrogen-bond acceptors (Lipinski definition) is 3. The molecule has 1 aliphatic heterocycles. The van der Waals surface area contributed by atoms with E-state index in [1.807, 2.05) is 24.3 Å². The van der Waals surface area contributed by atoms with Crippen LogP contribution in [0.1, 0.15) is 50.5 Å². The molecule has 5 nitrogen and oxygen atoms in total. The van der Waals surface area contributed by atoms with Gasteiger partial charge in [0.05, 0.1) is 5.25 Å². The minimum Gasteiger partial charge on any atom is -0.312 e. The van der Waals surface area contributed by atoms with Crippen molar-refractivity contribution in [1.29, 1.82) is 0 Å². The number of nitrogens with zero attached hydrogens (tertiary/aromatic N) is 1. The lowest BCUT2D eigenvalue weighted by Crippen LogP contribution is -2.35. The van der Waals surface area contributed by atoms with Crippen LogP contribution in [-0.4, -0.2) is 26.1 Å². The molecule has 0 radical (unpaired) electrons. The van der Waals surface area contributed by atoms with Gasteiger partial charge in [-0.1, -0.05) is 31.4 Å². The van der Waals surface area contributed by atoms with E-state index < -0.39 is 10.0 Å². The molecule has 1 heterocycles. The van der Waals surface area contributed by atoms with Crippen molar-refractivity contribution in [3.63, 3.8) is 0 Å². The highest BCUT2D eigenvalue weighted by Crippen LogP contribution is 2.24. The minimum absolute atomic E-state index is 0.143. The maximum Gasteiger partial charge on any atom is 0.227 e. The Kier molecular flexibility index (Phi) is 5.02. The van der Waals surface area contributed by atoms with Crippen molar-refractivity contribution >= 4 is 21.6 Å². The van der Waals surface area contributed by atoms with Gasteiger partial charge in [0.15, 0.2) is 0 Å². The molecule has 1 saturated heterocycles. The van der Waals surface area contributed by atoms with Crippen LogP contribution in [-0.2, 0) is 21.4 Å². The summed E-state index contributed by atoms with van der Waals surface area (Å²) in [5, 5.41) is -0.250. The summed E-state index contributed by atoms with van der Waals surface area (Å²) in [4.78, 5) is 13.6. The fourth-order valence-electron chi connectivity index (χ4n) is 3.43. The van der Waals surface area contributed by atoms with E-state index in [1.54, 1.807) is 4.90 Å². The third-order valence-electron chi connectivity index (χ3n) is 4.76. The van der Waals surface area contributed by atoms with Crippen LogP contribution in [0.15, 0.2) is 24.3 Å². The van der Waals surface area contributed by atoms with Gasteiger partial charge >= 0.3 is 0 Å². The molecule has 0 unspecified atom stereocenters. The molecule has 1 aliphatic carbocycles. The summed E-state index contributed by atoms with van der Waals surface area (Å²) in [5.74, 6) is 0.143. The summed E-state index contributed by atoms with van der Waals surface area (Å²) in [6.07, 6.45) is 6.14. The Bertz CT molecular complexity index is 666. The zero-order chi connectivity index (χ0) is 16.3. The smallest absolute Gasteiger partial charge is 0.227 e. The minimum atomic E-state index is -3.25. The molecule has 1 aromatic rings. The number of nitrogens with one attached hydrogen (secondary N) is 1. The first-order valence-corrected chi connectivity index (χ1v) is 9.99. The van der Waals surface area contributed by atoms with Crippen LogP contribution in [0.25, 0.3) is 0 Å². The third kappa shape index (κ3) is 3.93. The van der Waals surface area contributed by atoms with E-state index in [2.05, 4.69) is 4.72 Å².